The summed E-state index contributed by atoms with van der Waals surface area (Å²) in [5, 5.41) is 4.51. The average Bonchev–Trinajstić information content (AvgIpc) is 1.83. The van der Waals surface area contributed by atoms with Crippen LogP contribution in [0.1, 0.15) is 27.2 Å². The zero-order chi connectivity index (χ0) is 8.36. The van der Waals surface area contributed by atoms with Gasteiger partial charge < -0.3 is 0 Å². The van der Waals surface area contributed by atoms with Gasteiger partial charge in [-0.3, -0.25) is 0 Å². The van der Waals surface area contributed by atoms with E-state index in [2.05, 4.69) is 0 Å². The molecule has 0 heterocycles. The van der Waals surface area contributed by atoms with E-state index in [9.17, 15) is 8.42 Å². The monoisotopic (exact) mass is 165 g/mol. The van der Waals surface area contributed by atoms with Crippen LogP contribution in [0.25, 0.3) is 0 Å². The molecule has 10 heavy (non-hydrogen) atoms. The molecule has 0 aliphatic rings. The Labute approximate surface area is 62.7 Å². The van der Waals surface area contributed by atoms with Crippen molar-refractivity contribution < 1.29 is 8.42 Å². The van der Waals surface area contributed by atoms with E-state index in [1.54, 1.807) is 6.92 Å². The van der Waals surface area contributed by atoms with Crippen molar-refractivity contribution >= 4 is 10.0 Å². The number of hydrogen-bond acceptors (Lipinski definition) is 2. The van der Waals surface area contributed by atoms with Gasteiger partial charge in [-0.15, -0.1) is 0 Å². The van der Waals surface area contributed by atoms with E-state index in [0.717, 1.165) is 6.42 Å². The van der Waals surface area contributed by atoms with Gasteiger partial charge in [-0.1, -0.05) is 20.3 Å². The lowest BCUT2D eigenvalue weighted by atomic mass is 10.1. The van der Waals surface area contributed by atoms with Gasteiger partial charge in [0, 0.05) is 0 Å². The molecule has 0 bridgehead atoms. The third-order valence-corrected chi connectivity index (χ3v) is 3.46. The molecule has 0 rings (SSSR count). The van der Waals surface area contributed by atoms with Crippen LogP contribution >= 0.6 is 0 Å². The number of primary sulfonamides is 1. The Morgan fingerprint density at radius 2 is 1.80 bits per heavy atom. The van der Waals surface area contributed by atoms with Gasteiger partial charge in [-0.25, -0.2) is 13.6 Å². The van der Waals surface area contributed by atoms with Gasteiger partial charge in [0.25, 0.3) is 0 Å². The molecule has 2 N–H and O–H groups in total. The van der Waals surface area contributed by atoms with Crippen LogP contribution in [0.15, 0.2) is 0 Å². The highest BCUT2D eigenvalue weighted by atomic mass is 32.2. The summed E-state index contributed by atoms with van der Waals surface area (Å²) < 4.78 is 21.4. The second-order valence-corrected chi connectivity index (χ2v) is 4.60. The van der Waals surface area contributed by atoms with Crippen LogP contribution in [0.5, 0.6) is 0 Å². The molecule has 0 amide bonds. The molecule has 0 aromatic heterocycles. The fourth-order valence-corrected chi connectivity index (χ4v) is 1.50. The van der Waals surface area contributed by atoms with Gasteiger partial charge >= 0.3 is 0 Å². The molecule has 0 aromatic rings. The SMILES string of the molecule is CCC(C)C(C)S(N)(=O)=O. The summed E-state index contributed by atoms with van der Waals surface area (Å²) >= 11 is 0. The Balaban J connectivity index is 4.23. The topological polar surface area (TPSA) is 60.2 Å². The number of hydrogen-bond donors (Lipinski definition) is 1. The highest BCUT2D eigenvalue weighted by molar-refractivity contribution is 7.89. The Kier molecular flexibility index (Phi) is 3.31. The molecule has 0 aromatic carbocycles. The van der Waals surface area contributed by atoms with Crippen LogP contribution in [-0.4, -0.2) is 13.7 Å². The lowest BCUT2D eigenvalue weighted by molar-refractivity contribution is 0.510. The molecule has 2 atom stereocenters. The van der Waals surface area contributed by atoms with Crippen molar-refractivity contribution in [3.05, 3.63) is 0 Å². The fourth-order valence-electron chi connectivity index (χ4n) is 0.656. The highest BCUT2D eigenvalue weighted by Gasteiger charge is 2.20. The first kappa shape index (κ1) is 9.91. The second-order valence-electron chi connectivity index (χ2n) is 2.68. The molecule has 0 spiro atoms. The van der Waals surface area contributed by atoms with Crippen LogP contribution in [0, 0.1) is 5.92 Å². The van der Waals surface area contributed by atoms with Crippen LogP contribution in [0.4, 0.5) is 0 Å². The molecular weight excluding hydrogens is 150 g/mol. The van der Waals surface area contributed by atoms with E-state index < -0.39 is 15.3 Å². The average molecular weight is 165 g/mol. The summed E-state index contributed by atoms with van der Waals surface area (Å²) in [5.74, 6) is 0.148. The normalized spacial score (nSPS) is 18.4. The predicted molar refractivity (Wildman–Crippen MR) is 42.0 cm³/mol. The quantitative estimate of drug-likeness (QED) is 0.669. The molecule has 0 saturated carbocycles. The van der Waals surface area contributed by atoms with E-state index in [0.29, 0.717) is 0 Å². The number of rotatable bonds is 3. The summed E-state index contributed by atoms with van der Waals surface area (Å²) in [6.07, 6.45) is 0.845. The van der Waals surface area contributed by atoms with Crippen LogP contribution in [0.2, 0.25) is 0 Å². The van der Waals surface area contributed by atoms with Crippen LogP contribution in [0.3, 0.4) is 0 Å². The minimum atomic E-state index is -3.31. The van der Waals surface area contributed by atoms with Gasteiger partial charge in [0.1, 0.15) is 0 Å². The molecule has 62 valence electrons. The molecule has 3 nitrogen and oxygen atoms in total. The first-order valence-electron chi connectivity index (χ1n) is 3.41. The minimum Gasteiger partial charge on any atom is -0.228 e. The molecule has 0 aliphatic heterocycles. The Morgan fingerprint density at radius 3 is 1.90 bits per heavy atom. The minimum absolute atomic E-state index is 0.148. The van der Waals surface area contributed by atoms with Crippen LogP contribution < -0.4 is 5.14 Å². The zero-order valence-corrected chi connectivity index (χ0v) is 7.48. The molecule has 0 radical (unpaired) electrons. The Bertz CT molecular complexity index is 186. The van der Waals surface area contributed by atoms with Crippen molar-refractivity contribution in [1.29, 1.82) is 0 Å². The van der Waals surface area contributed by atoms with Crippen molar-refractivity contribution in [1.82, 2.24) is 0 Å². The lowest BCUT2D eigenvalue weighted by Crippen LogP contribution is -2.30. The van der Waals surface area contributed by atoms with E-state index in [4.69, 9.17) is 5.14 Å². The summed E-state index contributed by atoms with van der Waals surface area (Å²) in [6.45, 7) is 5.48. The summed E-state index contributed by atoms with van der Waals surface area (Å²) in [5.41, 5.74) is 0. The molecule has 0 aliphatic carbocycles. The highest BCUT2D eigenvalue weighted by Crippen LogP contribution is 2.12. The standard InChI is InChI=1S/C6H15NO2S/c1-4-5(2)6(3)10(7,8)9/h5-6H,4H2,1-3H3,(H2,7,8,9). The largest absolute Gasteiger partial charge is 0.228 e. The van der Waals surface area contributed by atoms with Crippen molar-refractivity contribution in [2.45, 2.75) is 32.4 Å². The molecule has 0 saturated heterocycles. The maximum Gasteiger partial charge on any atom is 0.211 e. The third-order valence-electron chi connectivity index (χ3n) is 1.96. The van der Waals surface area contributed by atoms with Gasteiger partial charge in [0.2, 0.25) is 10.0 Å². The van der Waals surface area contributed by atoms with E-state index in [-0.39, 0.29) is 5.92 Å². The van der Waals surface area contributed by atoms with Gasteiger partial charge in [-0.2, -0.15) is 0 Å². The predicted octanol–water partition coefficient (Wildman–Crippen LogP) is 0.710. The van der Waals surface area contributed by atoms with Gasteiger partial charge in [-0.05, 0) is 12.8 Å². The summed E-state index contributed by atoms with van der Waals surface area (Å²) in [6, 6.07) is 0. The summed E-state index contributed by atoms with van der Waals surface area (Å²) in [4.78, 5) is 0. The first-order valence-corrected chi connectivity index (χ1v) is 5.02. The molecule has 2 unspecified atom stereocenters. The van der Waals surface area contributed by atoms with Crippen molar-refractivity contribution in [2.24, 2.45) is 11.1 Å². The third kappa shape index (κ3) is 2.66. The van der Waals surface area contributed by atoms with Crippen molar-refractivity contribution in [3.63, 3.8) is 0 Å². The maximum absolute atomic E-state index is 10.7. The Hall–Kier alpha value is -0.0900. The zero-order valence-electron chi connectivity index (χ0n) is 6.66. The first-order chi connectivity index (χ1) is 4.39. The Morgan fingerprint density at radius 1 is 1.40 bits per heavy atom. The lowest BCUT2D eigenvalue weighted by Gasteiger charge is -2.14. The van der Waals surface area contributed by atoms with Crippen molar-refractivity contribution in [2.75, 3.05) is 0 Å². The molecule has 4 heteroatoms. The van der Waals surface area contributed by atoms with Crippen molar-refractivity contribution in [3.8, 4) is 0 Å². The van der Waals surface area contributed by atoms with E-state index in [1.165, 1.54) is 0 Å². The van der Waals surface area contributed by atoms with E-state index >= 15 is 0 Å². The second kappa shape index (κ2) is 3.34. The van der Waals surface area contributed by atoms with Gasteiger partial charge in [0.15, 0.2) is 0 Å². The molecule has 0 fully saturated rings. The fraction of sp³-hybridized carbons (Fsp3) is 1.00. The number of nitrogens with two attached hydrogens (primary N) is 1. The van der Waals surface area contributed by atoms with E-state index in [1.807, 2.05) is 13.8 Å². The van der Waals surface area contributed by atoms with Crippen LogP contribution in [-0.2, 0) is 10.0 Å². The smallest absolute Gasteiger partial charge is 0.211 e. The van der Waals surface area contributed by atoms with Gasteiger partial charge in [0.05, 0.1) is 5.25 Å². The maximum atomic E-state index is 10.7. The summed E-state index contributed by atoms with van der Waals surface area (Å²) in [7, 11) is -3.31. The number of sulfonamides is 1. The molecular formula is C6H15NO2S.